The standard InChI is InChI=1S/C34H44F3N5O3S/c1-22-25-9-8-10-28(29(25)35)34(36,37)24-11-16-42(17-12-24)15-6-4-3-5-7-18-45-32-26(23-13-19-46(43)20-14-23)21-27-30(39-32)33(44-2)41-40-31(27)38-22/h8-10,21-24H,3-7,11-20H2,1-2H3,(H,38,40)/t22-,23?,46?/m1/s1. The molecule has 1 aromatic carbocycles. The highest BCUT2D eigenvalue weighted by Crippen LogP contribution is 2.44. The van der Waals surface area contributed by atoms with Crippen LogP contribution in [0.2, 0.25) is 0 Å². The van der Waals surface area contributed by atoms with Crippen molar-refractivity contribution >= 4 is 27.5 Å². The zero-order chi connectivity index (χ0) is 32.3. The Labute approximate surface area is 271 Å². The number of methoxy groups -OCH3 is 1. The molecule has 1 atom stereocenters. The number of benzene rings is 1. The number of piperidine rings is 1. The highest BCUT2D eigenvalue weighted by molar-refractivity contribution is 7.85. The quantitative estimate of drug-likeness (QED) is 0.311. The number of rotatable bonds is 2. The first-order valence-electron chi connectivity index (χ1n) is 16.6. The highest BCUT2D eigenvalue weighted by Gasteiger charge is 2.45. The van der Waals surface area contributed by atoms with Gasteiger partial charge < -0.3 is 19.7 Å². The second-order valence-corrected chi connectivity index (χ2v) is 14.6. The average molecular weight is 660 g/mol. The van der Waals surface area contributed by atoms with E-state index in [4.69, 9.17) is 14.5 Å². The number of alkyl halides is 2. The third-order valence-corrected chi connectivity index (χ3v) is 11.3. The number of hydrogen-bond donors (Lipinski definition) is 1. The van der Waals surface area contributed by atoms with Gasteiger partial charge >= 0.3 is 0 Å². The van der Waals surface area contributed by atoms with Crippen LogP contribution in [0, 0.1) is 11.7 Å². The molecule has 0 aliphatic carbocycles. The number of halogens is 3. The zero-order valence-corrected chi connectivity index (χ0v) is 27.5. The van der Waals surface area contributed by atoms with Crippen molar-refractivity contribution in [1.82, 2.24) is 20.1 Å². The largest absolute Gasteiger partial charge is 0.478 e. The van der Waals surface area contributed by atoms with Gasteiger partial charge in [0.1, 0.15) is 11.3 Å². The lowest BCUT2D eigenvalue weighted by Gasteiger charge is -2.36. The molecule has 8 nitrogen and oxygen atoms in total. The van der Waals surface area contributed by atoms with Crippen LogP contribution >= 0.6 is 0 Å². The van der Waals surface area contributed by atoms with Crippen LogP contribution < -0.4 is 14.8 Å². The van der Waals surface area contributed by atoms with Crippen molar-refractivity contribution in [1.29, 1.82) is 0 Å². The molecule has 0 radical (unpaired) electrons. The summed E-state index contributed by atoms with van der Waals surface area (Å²) in [5.74, 6) is -2.70. The second-order valence-electron chi connectivity index (χ2n) is 12.9. The number of anilines is 1. The first-order chi connectivity index (χ1) is 22.3. The van der Waals surface area contributed by atoms with Gasteiger partial charge in [-0.3, -0.25) is 4.21 Å². The topological polar surface area (TPSA) is 89.5 Å². The maximum atomic E-state index is 16.0. The lowest BCUT2D eigenvalue weighted by molar-refractivity contribution is -0.0880. The van der Waals surface area contributed by atoms with Gasteiger partial charge in [-0.15, -0.1) is 10.2 Å². The monoisotopic (exact) mass is 659 g/mol. The van der Waals surface area contributed by atoms with E-state index in [0.717, 1.165) is 57.1 Å². The smallest absolute Gasteiger partial charge is 0.278 e. The first kappa shape index (κ1) is 32.9. The molecule has 0 amide bonds. The van der Waals surface area contributed by atoms with E-state index in [1.54, 1.807) is 6.92 Å². The number of nitrogens with one attached hydrogen (secondary N) is 1. The van der Waals surface area contributed by atoms with Crippen molar-refractivity contribution in [3.05, 3.63) is 46.8 Å². The van der Waals surface area contributed by atoms with Crippen molar-refractivity contribution in [3.8, 4) is 11.8 Å². The van der Waals surface area contributed by atoms with Crippen LogP contribution in [-0.2, 0) is 16.7 Å². The van der Waals surface area contributed by atoms with Crippen molar-refractivity contribution < 1.29 is 26.9 Å². The van der Waals surface area contributed by atoms with E-state index >= 15 is 13.2 Å². The molecule has 12 heteroatoms. The summed E-state index contributed by atoms with van der Waals surface area (Å²) in [6.07, 6.45) is 7.22. The zero-order valence-electron chi connectivity index (χ0n) is 26.7. The normalized spacial score (nSPS) is 27.6. The van der Waals surface area contributed by atoms with Gasteiger partial charge in [-0.1, -0.05) is 37.5 Å². The SMILES string of the molecule is COc1nnc2c3cc(C4CCS(=O)CC4)c(nc13)OCCCCCCCN1CCC(CC1)C(F)(F)c1cccc(c1F)[C@@H](C)N2. The fourth-order valence-corrected chi connectivity index (χ4v) is 8.41. The average Bonchev–Trinajstić information content (AvgIpc) is 3.06. The van der Waals surface area contributed by atoms with Gasteiger partial charge in [0.15, 0.2) is 5.82 Å². The Bertz CT molecular complexity index is 1540. The summed E-state index contributed by atoms with van der Waals surface area (Å²) in [5.41, 5.74) is 0.921. The lowest BCUT2D eigenvalue weighted by atomic mass is 9.85. The number of ether oxygens (including phenoxy) is 2. The second kappa shape index (κ2) is 14.4. The van der Waals surface area contributed by atoms with Crippen molar-refractivity contribution in [2.45, 2.75) is 82.6 Å². The molecule has 3 aromatic rings. The Hall–Kier alpha value is -2.99. The van der Waals surface area contributed by atoms with Gasteiger partial charge in [0.05, 0.1) is 30.7 Å². The molecule has 6 aliphatic rings. The molecule has 0 saturated carbocycles. The molecular weight excluding hydrogens is 615 g/mol. The Balaban J connectivity index is 1.40. The van der Waals surface area contributed by atoms with Crippen LogP contribution in [0.4, 0.5) is 19.0 Å². The van der Waals surface area contributed by atoms with E-state index < -0.39 is 40.1 Å². The van der Waals surface area contributed by atoms with Gasteiger partial charge in [0, 0.05) is 39.4 Å². The van der Waals surface area contributed by atoms with E-state index in [0.29, 0.717) is 66.6 Å². The third kappa shape index (κ3) is 6.98. The van der Waals surface area contributed by atoms with E-state index in [9.17, 15) is 4.21 Å². The summed E-state index contributed by atoms with van der Waals surface area (Å²) in [4.78, 5) is 7.16. The minimum atomic E-state index is -3.29. The van der Waals surface area contributed by atoms with E-state index in [1.165, 1.54) is 25.3 Å². The molecule has 8 bridgehead atoms. The van der Waals surface area contributed by atoms with Crippen molar-refractivity contribution in [2.24, 2.45) is 5.92 Å². The molecular formula is C34H44F3N5O3S. The maximum absolute atomic E-state index is 16.0. The van der Waals surface area contributed by atoms with Gasteiger partial charge in [0.2, 0.25) is 5.88 Å². The molecule has 6 aliphatic heterocycles. The van der Waals surface area contributed by atoms with E-state index in [1.807, 2.05) is 6.07 Å². The van der Waals surface area contributed by atoms with Crippen LogP contribution in [0.15, 0.2) is 24.3 Å². The minimum Gasteiger partial charge on any atom is -0.478 e. The van der Waals surface area contributed by atoms with Crippen molar-refractivity contribution in [3.63, 3.8) is 0 Å². The van der Waals surface area contributed by atoms with Crippen LogP contribution in [0.1, 0.15) is 93.4 Å². The number of aromatic nitrogens is 3. The van der Waals surface area contributed by atoms with Crippen molar-refractivity contribution in [2.75, 3.05) is 50.2 Å². The number of pyridine rings is 1. The molecule has 250 valence electrons. The molecule has 0 spiro atoms. The minimum absolute atomic E-state index is 0.102. The van der Waals surface area contributed by atoms with Crippen LogP contribution in [0.5, 0.6) is 11.8 Å². The van der Waals surface area contributed by atoms with E-state index in [-0.39, 0.29) is 17.4 Å². The molecule has 9 rings (SSSR count). The predicted octanol–water partition coefficient (Wildman–Crippen LogP) is 7.12. The summed E-state index contributed by atoms with van der Waals surface area (Å²) in [6.45, 7) is 4.33. The fourth-order valence-electron chi connectivity index (χ4n) is 7.11. The van der Waals surface area contributed by atoms with Crippen LogP contribution in [-0.4, -0.2) is 69.1 Å². The molecule has 1 N–H and O–H groups in total. The van der Waals surface area contributed by atoms with E-state index in [2.05, 4.69) is 20.4 Å². The molecule has 2 fully saturated rings. The highest BCUT2D eigenvalue weighted by atomic mass is 32.2. The predicted molar refractivity (Wildman–Crippen MR) is 174 cm³/mol. The first-order valence-corrected chi connectivity index (χ1v) is 18.1. The van der Waals surface area contributed by atoms with Gasteiger partial charge in [-0.2, -0.15) is 0 Å². The maximum Gasteiger partial charge on any atom is 0.278 e. The molecule has 46 heavy (non-hydrogen) atoms. The molecule has 2 saturated heterocycles. The molecule has 0 unspecified atom stereocenters. The summed E-state index contributed by atoms with van der Waals surface area (Å²) in [6, 6.07) is 5.53. The fraction of sp³-hybridized carbons (Fsp3) is 0.618. The Kier molecular flexibility index (Phi) is 10.3. The number of nitrogens with zero attached hydrogens (tertiary/aromatic N) is 4. The van der Waals surface area contributed by atoms with Crippen LogP contribution in [0.3, 0.4) is 0 Å². The molecule has 8 heterocycles. The lowest BCUT2D eigenvalue weighted by Crippen LogP contribution is -2.40. The third-order valence-electron chi connectivity index (χ3n) is 9.90. The summed E-state index contributed by atoms with van der Waals surface area (Å²) >= 11 is 0. The molecule has 2 aromatic heterocycles. The number of hydrogen-bond acceptors (Lipinski definition) is 8. The van der Waals surface area contributed by atoms with Crippen LogP contribution in [0.25, 0.3) is 10.9 Å². The van der Waals surface area contributed by atoms with Gasteiger partial charge in [0.25, 0.3) is 11.8 Å². The van der Waals surface area contributed by atoms with Gasteiger partial charge in [-0.05, 0) is 77.1 Å². The Morgan fingerprint density at radius 3 is 2.50 bits per heavy atom. The summed E-state index contributed by atoms with van der Waals surface area (Å²) in [7, 11) is 0.659. The van der Waals surface area contributed by atoms with Gasteiger partial charge in [-0.25, -0.2) is 18.2 Å². The Morgan fingerprint density at radius 2 is 1.74 bits per heavy atom. The summed E-state index contributed by atoms with van der Waals surface area (Å²) in [5, 5.41) is 12.4. The summed E-state index contributed by atoms with van der Waals surface area (Å²) < 4.78 is 71.9. The Morgan fingerprint density at radius 1 is 1.00 bits per heavy atom.